The Morgan fingerprint density at radius 2 is 1.67 bits per heavy atom. The van der Waals surface area contributed by atoms with E-state index in [0.29, 0.717) is 10.6 Å². The standard InChI is InChI=1S/C18H21ClFN/c1-5-21-18(14-7-11(2)6-12(3)8-14)15-9-13(4)17(20)10-16(15)19/h6-10,18,21H,5H2,1-4H3. The van der Waals surface area contributed by atoms with Crippen LogP contribution in [-0.4, -0.2) is 6.54 Å². The highest BCUT2D eigenvalue weighted by Crippen LogP contribution is 2.31. The molecule has 0 aliphatic heterocycles. The van der Waals surface area contributed by atoms with Crippen LogP contribution < -0.4 is 5.32 Å². The lowest BCUT2D eigenvalue weighted by atomic mass is 9.94. The average molecular weight is 306 g/mol. The Morgan fingerprint density at radius 3 is 2.24 bits per heavy atom. The van der Waals surface area contributed by atoms with E-state index in [-0.39, 0.29) is 11.9 Å². The molecule has 1 N–H and O–H groups in total. The third kappa shape index (κ3) is 3.63. The average Bonchev–Trinajstić information content (AvgIpc) is 2.39. The molecule has 1 atom stereocenters. The van der Waals surface area contributed by atoms with Gasteiger partial charge in [0.1, 0.15) is 5.82 Å². The summed E-state index contributed by atoms with van der Waals surface area (Å²) in [6, 6.07) is 9.65. The lowest BCUT2D eigenvalue weighted by molar-refractivity contribution is 0.606. The second kappa shape index (κ2) is 6.59. The summed E-state index contributed by atoms with van der Waals surface area (Å²) in [4.78, 5) is 0. The van der Waals surface area contributed by atoms with Gasteiger partial charge in [-0.05, 0) is 56.1 Å². The maximum Gasteiger partial charge on any atom is 0.127 e. The number of hydrogen-bond donors (Lipinski definition) is 1. The van der Waals surface area contributed by atoms with Crippen molar-refractivity contribution in [2.45, 2.75) is 33.7 Å². The third-order valence-electron chi connectivity index (χ3n) is 3.57. The zero-order valence-electron chi connectivity index (χ0n) is 12.9. The SMILES string of the molecule is CCNC(c1cc(C)cc(C)c1)c1cc(C)c(F)cc1Cl. The van der Waals surface area contributed by atoms with E-state index in [1.807, 2.05) is 6.07 Å². The van der Waals surface area contributed by atoms with Crippen LogP contribution in [0.25, 0.3) is 0 Å². The molecular formula is C18H21ClFN. The van der Waals surface area contributed by atoms with Crippen LogP contribution in [0.3, 0.4) is 0 Å². The molecule has 2 aromatic rings. The summed E-state index contributed by atoms with van der Waals surface area (Å²) in [5, 5.41) is 3.91. The minimum Gasteiger partial charge on any atom is -0.306 e. The zero-order chi connectivity index (χ0) is 15.6. The van der Waals surface area contributed by atoms with Gasteiger partial charge in [-0.3, -0.25) is 0 Å². The fourth-order valence-electron chi connectivity index (χ4n) is 2.69. The molecule has 0 heterocycles. The highest BCUT2D eigenvalue weighted by Gasteiger charge is 2.18. The number of benzene rings is 2. The quantitative estimate of drug-likeness (QED) is 0.828. The molecule has 0 aromatic heterocycles. The normalized spacial score (nSPS) is 12.5. The van der Waals surface area contributed by atoms with Crippen molar-refractivity contribution >= 4 is 11.6 Å². The van der Waals surface area contributed by atoms with Crippen molar-refractivity contribution in [2.75, 3.05) is 6.54 Å². The van der Waals surface area contributed by atoms with Crippen LogP contribution in [0.5, 0.6) is 0 Å². The Hall–Kier alpha value is -1.38. The Kier molecular flexibility index (Phi) is 5.02. The fourth-order valence-corrected chi connectivity index (χ4v) is 2.95. The van der Waals surface area contributed by atoms with E-state index in [9.17, 15) is 4.39 Å². The summed E-state index contributed by atoms with van der Waals surface area (Å²) in [6.45, 7) is 8.79. The van der Waals surface area contributed by atoms with Gasteiger partial charge < -0.3 is 5.32 Å². The highest BCUT2D eigenvalue weighted by molar-refractivity contribution is 6.31. The van der Waals surface area contributed by atoms with Crippen molar-refractivity contribution in [2.24, 2.45) is 0 Å². The molecule has 0 spiro atoms. The predicted octanol–water partition coefficient (Wildman–Crippen LogP) is 5.10. The van der Waals surface area contributed by atoms with E-state index in [1.54, 1.807) is 6.92 Å². The lowest BCUT2D eigenvalue weighted by Crippen LogP contribution is -2.22. The Morgan fingerprint density at radius 1 is 1.05 bits per heavy atom. The summed E-state index contributed by atoms with van der Waals surface area (Å²) in [5.41, 5.74) is 5.11. The summed E-state index contributed by atoms with van der Waals surface area (Å²) >= 11 is 6.28. The first-order chi connectivity index (χ1) is 9.92. The molecule has 0 saturated carbocycles. The molecule has 0 radical (unpaired) electrons. The lowest BCUT2D eigenvalue weighted by Gasteiger charge is -2.22. The molecule has 2 rings (SSSR count). The molecule has 0 bridgehead atoms. The predicted molar refractivity (Wildman–Crippen MR) is 87.6 cm³/mol. The minimum atomic E-state index is -0.264. The van der Waals surface area contributed by atoms with Crippen molar-refractivity contribution < 1.29 is 4.39 Å². The van der Waals surface area contributed by atoms with E-state index in [2.05, 4.69) is 44.3 Å². The summed E-state index contributed by atoms with van der Waals surface area (Å²) in [6.07, 6.45) is 0. The van der Waals surface area contributed by atoms with Gasteiger partial charge in [-0.15, -0.1) is 0 Å². The molecule has 21 heavy (non-hydrogen) atoms. The molecule has 2 aromatic carbocycles. The van der Waals surface area contributed by atoms with Crippen LogP contribution in [0.15, 0.2) is 30.3 Å². The van der Waals surface area contributed by atoms with E-state index in [4.69, 9.17) is 11.6 Å². The molecule has 112 valence electrons. The van der Waals surface area contributed by atoms with Crippen LogP contribution >= 0.6 is 11.6 Å². The molecule has 3 heteroatoms. The maximum atomic E-state index is 13.6. The molecule has 0 fully saturated rings. The molecule has 1 unspecified atom stereocenters. The van der Waals surface area contributed by atoms with E-state index >= 15 is 0 Å². The van der Waals surface area contributed by atoms with Gasteiger partial charge in [0.2, 0.25) is 0 Å². The fraction of sp³-hybridized carbons (Fsp3) is 0.333. The third-order valence-corrected chi connectivity index (χ3v) is 3.90. The second-order valence-electron chi connectivity index (χ2n) is 5.53. The molecule has 0 aliphatic rings. The van der Waals surface area contributed by atoms with Crippen molar-refractivity contribution in [3.8, 4) is 0 Å². The largest absolute Gasteiger partial charge is 0.306 e. The highest BCUT2D eigenvalue weighted by atomic mass is 35.5. The Labute approximate surface area is 131 Å². The summed E-state index contributed by atoms with van der Waals surface area (Å²) in [7, 11) is 0. The molecular weight excluding hydrogens is 285 g/mol. The summed E-state index contributed by atoms with van der Waals surface area (Å²) in [5.74, 6) is -0.264. The number of aryl methyl sites for hydroxylation is 3. The van der Waals surface area contributed by atoms with Gasteiger partial charge in [0.05, 0.1) is 6.04 Å². The Balaban J connectivity index is 2.55. The molecule has 0 aliphatic carbocycles. The van der Waals surface area contributed by atoms with Crippen molar-refractivity contribution in [1.82, 2.24) is 5.32 Å². The first-order valence-corrected chi connectivity index (χ1v) is 7.57. The van der Waals surface area contributed by atoms with E-state index < -0.39 is 0 Å². The Bertz CT molecular complexity index is 632. The van der Waals surface area contributed by atoms with E-state index in [1.165, 1.54) is 17.2 Å². The first kappa shape index (κ1) is 16.0. The number of halogens is 2. The van der Waals surface area contributed by atoms with Crippen molar-refractivity contribution in [1.29, 1.82) is 0 Å². The topological polar surface area (TPSA) is 12.0 Å². The number of nitrogens with one attached hydrogen (secondary N) is 1. The van der Waals surface area contributed by atoms with Gasteiger partial charge in [0, 0.05) is 5.02 Å². The van der Waals surface area contributed by atoms with Crippen LogP contribution in [0, 0.1) is 26.6 Å². The van der Waals surface area contributed by atoms with Gasteiger partial charge in [0.15, 0.2) is 0 Å². The van der Waals surface area contributed by atoms with Crippen LogP contribution in [0.2, 0.25) is 5.02 Å². The van der Waals surface area contributed by atoms with Crippen LogP contribution in [0.1, 0.15) is 40.8 Å². The van der Waals surface area contributed by atoms with E-state index in [0.717, 1.165) is 17.7 Å². The zero-order valence-corrected chi connectivity index (χ0v) is 13.7. The smallest absolute Gasteiger partial charge is 0.127 e. The number of hydrogen-bond acceptors (Lipinski definition) is 1. The molecule has 1 nitrogen and oxygen atoms in total. The number of rotatable bonds is 4. The summed E-state index contributed by atoms with van der Waals surface area (Å²) < 4.78 is 13.6. The minimum absolute atomic E-state index is 0.0274. The van der Waals surface area contributed by atoms with Crippen LogP contribution in [0.4, 0.5) is 4.39 Å². The van der Waals surface area contributed by atoms with Gasteiger partial charge in [-0.25, -0.2) is 4.39 Å². The van der Waals surface area contributed by atoms with Gasteiger partial charge in [0.25, 0.3) is 0 Å². The van der Waals surface area contributed by atoms with Gasteiger partial charge in [-0.1, -0.05) is 47.9 Å². The first-order valence-electron chi connectivity index (χ1n) is 7.19. The van der Waals surface area contributed by atoms with Crippen molar-refractivity contribution in [3.63, 3.8) is 0 Å². The maximum absolute atomic E-state index is 13.6. The van der Waals surface area contributed by atoms with Crippen LogP contribution in [-0.2, 0) is 0 Å². The molecule has 0 amide bonds. The van der Waals surface area contributed by atoms with Gasteiger partial charge >= 0.3 is 0 Å². The van der Waals surface area contributed by atoms with Gasteiger partial charge in [-0.2, -0.15) is 0 Å². The van der Waals surface area contributed by atoms with Crippen molar-refractivity contribution in [3.05, 3.63) is 69.0 Å². The molecule has 0 saturated heterocycles. The second-order valence-corrected chi connectivity index (χ2v) is 5.94. The monoisotopic (exact) mass is 305 g/mol.